The topological polar surface area (TPSA) is 55.4 Å². The van der Waals surface area contributed by atoms with Gasteiger partial charge >= 0.3 is 0 Å². The van der Waals surface area contributed by atoms with Crippen LogP contribution in [0.15, 0.2) is 43.0 Å². The number of nitrogens with zero attached hydrogens (tertiary/aromatic N) is 1. The van der Waals surface area contributed by atoms with E-state index in [9.17, 15) is 4.79 Å². The molecular formula is C21H29N2O3S+. The standard InChI is InChI=1S/C21H28N2O3S/c1-5-11-22-14-21(24)23(15-18-8-6-16(2)27-18)12-10-17-7-9-19(25-3)20(13-17)26-4/h5-9,13,22H,1,10-12,14-15H2,2-4H3/p+1. The Balaban J connectivity index is 2.06. The molecule has 0 atom stereocenters. The summed E-state index contributed by atoms with van der Waals surface area (Å²) in [5.74, 6) is 1.56. The molecule has 1 heterocycles. The predicted octanol–water partition coefficient (Wildman–Crippen LogP) is 2.39. The first-order valence-corrected chi connectivity index (χ1v) is 9.85. The maximum absolute atomic E-state index is 12.7. The lowest BCUT2D eigenvalue weighted by atomic mass is 10.1. The van der Waals surface area contributed by atoms with Crippen molar-refractivity contribution < 1.29 is 19.6 Å². The molecule has 0 aliphatic heterocycles. The number of quaternary nitrogens is 1. The van der Waals surface area contributed by atoms with Crippen molar-refractivity contribution >= 4 is 17.2 Å². The second-order valence-corrected chi connectivity index (χ2v) is 7.66. The maximum Gasteiger partial charge on any atom is 0.278 e. The third-order valence-corrected chi connectivity index (χ3v) is 5.25. The summed E-state index contributed by atoms with van der Waals surface area (Å²) in [5.41, 5.74) is 1.11. The highest BCUT2D eigenvalue weighted by atomic mass is 32.1. The number of nitrogens with two attached hydrogens (primary N) is 1. The van der Waals surface area contributed by atoms with Gasteiger partial charge in [-0.15, -0.1) is 11.3 Å². The minimum Gasteiger partial charge on any atom is -0.493 e. The van der Waals surface area contributed by atoms with Gasteiger partial charge in [0.1, 0.15) is 0 Å². The second kappa shape index (κ2) is 10.7. The van der Waals surface area contributed by atoms with E-state index >= 15 is 0 Å². The fourth-order valence-corrected chi connectivity index (χ4v) is 3.71. The summed E-state index contributed by atoms with van der Waals surface area (Å²) >= 11 is 1.74. The van der Waals surface area contributed by atoms with Crippen LogP contribution >= 0.6 is 11.3 Å². The van der Waals surface area contributed by atoms with Crippen LogP contribution in [0, 0.1) is 6.92 Å². The number of carbonyl (C=O) groups excluding carboxylic acids is 1. The lowest BCUT2D eigenvalue weighted by molar-refractivity contribution is -0.635. The monoisotopic (exact) mass is 389 g/mol. The minimum absolute atomic E-state index is 0.142. The van der Waals surface area contributed by atoms with Crippen molar-refractivity contribution in [1.29, 1.82) is 0 Å². The fraction of sp³-hybridized carbons (Fsp3) is 0.381. The molecule has 0 saturated heterocycles. The van der Waals surface area contributed by atoms with Gasteiger partial charge in [0, 0.05) is 16.3 Å². The number of methoxy groups -OCH3 is 2. The van der Waals surface area contributed by atoms with Crippen LogP contribution in [0.5, 0.6) is 11.5 Å². The molecule has 0 aliphatic rings. The molecule has 146 valence electrons. The average Bonchev–Trinajstić information content (AvgIpc) is 3.09. The number of hydrogen-bond acceptors (Lipinski definition) is 4. The molecule has 5 nitrogen and oxygen atoms in total. The van der Waals surface area contributed by atoms with Crippen molar-refractivity contribution in [2.24, 2.45) is 0 Å². The highest BCUT2D eigenvalue weighted by Crippen LogP contribution is 2.28. The van der Waals surface area contributed by atoms with Gasteiger partial charge in [0.05, 0.1) is 27.3 Å². The molecule has 1 amide bonds. The predicted molar refractivity (Wildman–Crippen MR) is 110 cm³/mol. The Morgan fingerprint density at radius 3 is 2.63 bits per heavy atom. The zero-order valence-electron chi connectivity index (χ0n) is 16.4. The largest absolute Gasteiger partial charge is 0.493 e. The number of benzene rings is 1. The highest BCUT2D eigenvalue weighted by molar-refractivity contribution is 7.11. The number of ether oxygens (including phenoxy) is 2. The van der Waals surface area contributed by atoms with Crippen LogP contribution in [0.25, 0.3) is 0 Å². The zero-order valence-corrected chi connectivity index (χ0v) is 17.2. The third-order valence-electron chi connectivity index (χ3n) is 4.27. The Bertz CT molecular complexity index is 758. The summed E-state index contributed by atoms with van der Waals surface area (Å²) in [5, 5.41) is 1.97. The van der Waals surface area contributed by atoms with E-state index < -0.39 is 0 Å². The van der Waals surface area contributed by atoms with E-state index in [0.29, 0.717) is 31.1 Å². The molecule has 1 aromatic carbocycles. The lowest BCUT2D eigenvalue weighted by Crippen LogP contribution is -2.86. The van der Waals surface area contributed by atoms with Gasteiger partial charge in [-0.25, -0.2) is 0 Å². The maximum atomic E-state index is 12.7. The summed E-state index contributed by atoms with van der Waals surface area (Å²) < 4.78 is 10.7. The zero-order chi connectivity index (χ0) is 19.6. The summed E-state index contributed by atoms with van der Waals surface area (Å²) in [7, 11) is 3.26. The van der Waals surface area contributed by atoms with Crippen LogP contribution in [-0.4, -0.2) is 44.7 Å². The SMILES string of the molecule is C=CC[NH2+]CC(=O)N(CCc1ccc(OC)c(OC)c1)Cc1ccc(C)s1. The third kappa shape index (κ3) is 6.41. The van der Waals surface area contributed by atoms with E-state index in [1.807, 2.05) is 34.5 Å². The molecule has 0 bridgehead atoms. The van der Waals surface area contributed by atoms with Crippen LogP contribution in [-0.2, 0) is 17.8 Å². The average molecular weight is 390 g/mol. The Labute approximate surface area is 165 Å². The molecule has 2 N–H and O–H groups in total. The Morgan fingerprint density at radius 1 is 1.22 bits per heavy atom. The molecule has 0 spiro atoms. The molecule has 0 radical (unpaired) electrons. The minimum atomic E-state index is 0.142. The number of rotatable bonds is 11. The quantitative estimate of drug-likeness (QED) is 0.474. The number of carbonyl (C=O) groups is 1. The summed E-state index contributed by atoms with van der Waals surface area (Å²) in [6, 6.07) is 10.1. The van der Waals surface area contributed by atoms with Crippen LogP contribution in [0.1, 0.15) is 15.3 Å². The first-order chi connectivity index (χ1) is 13.1. The number of amides is 1. The van der Waals surface area contributed by atoms with Crippen molar-refractivity contribution in [2.45, 2.75) is 19.9 Å². The molecule has 2 rings (SSSR count). The normalized spacial score (nSPS) is 10.5. The van der Waals surface area contributed by atoms with Crippen LogP contribution < -0.4 is 14.8 Å². The summed E-state index contributed by atoms with van der Waals surface area (Å²) in [4.78, 5) is 17.1. The fourth-order valence-electron chi connectivity index (χ4n) is 2.80. The first kappa shape index (κ1) is 21.0. The van der Waals surface area contributed by atoms with E-state index in [-0.39, 0.29) is 5.91 Å². The van der Waals surface area contributed by atoms with Gasteiger partial charge < -0.3 is 19.7 Å². The number of thiophene rings is 1. The van der Waals surface area contributed by atoms with Gasteiger partial charge in [-0.2, -0.15) is 0 Å². The molecule has 6 heteroatoms. The van der Waals surface area contributed by atoms with E-state index in [4.69, 9.17) is 9.47 Å². The van der Waals surface area contributed by atoms with Crippen molar-refractivity contribution in [3.63, 3.8) is 0 Å². The van der Waals surface area contributed by atoms with Crippen molar-refractivity contribution in [1.82, 2.24) is 4.90 Å². The molecular weight excluding hydrogens is 360 g/mol. The van der Waals surface area contributed by atoms with Gasteiger partial charge in [0.15, 0.2) is 18.0 Å². The number of aryl methyl sites for hydroxylation is 1. The van der Waals surface area contributed by atoms with E-state index in [1.54, 1.807) is 25.6 Å². The van der Waals surface area contributed by atoms with Crippen molar-refractivity contribution in [3.05, 3.63) is 58.3 Å². The van der Waals surface area contributed by atoms with Gasteiger partial charge in [-0.1, -0.05) is 12.6 Å². The van der Waals surface area contributed by atoms with Crippen molar-refractivity contribution in [3.8, 4) is 11.5 Å². The highest BCUT2D eigenvalue weighted by Gasteiger charge is 2.17. The van der Waals surface area contributed by atoms with Crippen LogP contribution in [0.4, 0.5) is 0 Å². The van der Waals surface area contributed by atoms with Gasteiger partial charge in [0.2, 0.25) is 0 Å². The van der Waals surface area contributed by atoms with Gasteiger partial charge in [0.25, 0.3) is 5.91 Å². The first-order valence-electron chi connectivity index (χ1n) is 9.04. The molecule has 2 aromatic rings. The molecule has 27 heavy (non-hydrogen) atoms. The second-order valence-electron chi connectivity index (χ2n) is 6.28. The molecule has 0 saturated carbocycles. The lowest BCUT2D eigenvalue weighted by Gasteiger charge is -2.21. The van der Waals surface area contributed by atoms with Gasteiger partial charge in [-0.3, -0.25) is 4.79 Å². The van der Waals surface area contributed by atoms with E-state index in [2.05, 4.69) is 25.6 Å². The molecule has 1 aromatic heterocycles. The van der Waals surface area contributed by atoms with Crippen molar-refractivity contribution in [2.75, 3.05) is 33.9 Å². The molecule has 0 unspecified atom stereocenters. The van der Waals surface area contributed by atoms with Gasteiger partial charge in [-0.05, 0) is 49.2 Å². The van der Waals surface area contributed by atoms with E-state index in [1.165, 1.54) is 9.75 Å². The summed E-state index contributed by atoms with van der Waals surface area (Å²) in [6.07, 6.45) is 2.57. The Morgan fingerprint density at radius 2 is 2.00 bits per heavy atom. The Kier molecular flexibility index (Phi) is 8.36. The number of hydrogen-bond donors (Lipinski definition) is 1. The van der Waals surface area contributed by atoms with Crippen LogP contribution in [0.2, 0.25) is 0 Å². The smallest absolute Gasteiger partial charge is 0.278 e. The molecule has 0 aliphatic carbocycles. The molecule has 0 fully saturated rings. The van der Waals surface area contributed by atoms with E-state index in [0.717, 1.165) is 18.5 Å². The van der Waals surface area contributed by atoms with Crippen LogP contribution in [0.3, 0.4) is 0 Å². The summed E-state index contributed by atoms with van der Waals surface area (Å²) in [6.45, 7) is 8.27. The Hall–Kier alpha value is -2.31.